The molecule has 0 radical (unpaired) electrons. The highest BCUT2D eigenvalue weighted by atomic mass is 35.5. The second-order valence-electron chi connectivity index (χ2n) is 11.4. The van der Waals surface area contributed by atoms with Crippen LogP contribution in [-0.2, 0) is 11.3 Å². The van der Waals surface area contributed by atoms with Gasteiger partial charge in [-0.2, -0.15) is 4.98 Å². The van der Waals surface area contributed by atoms with Crippen molar-refractivity contribution >= 4 is 34.6 Å². The number of benzene rings is 1. The summed E-state index contributed by atoms with van der Waals surface area (Å²) in [5.41, 5.74) is 2.69. The minimum absolute atomic E-state index is 0.00658. The number of likely N-dealkylation sites (tertiary alicyclic amines) is 1. The third-order valence-corrected chi connectivity index (χ3v) is 8.94. The molecule has 6 rings (SSSR count). The van der Waals surface area contributed by atoms with Gasteiger partial charge in [-0.25, -0.2) is 14.8 Å². The number of fused-ring (bicyclic) bond motifs is 1. The number of imidazole rings is 1. The van der Waals surface area contributed by atoms with Crippen LogP contribution in [0.3, 0.4) is 0 Å². The van der Waals surface area contributed by atoms with Crippen LogP contribution in [0.25, 0.3) is 34.1 Å². The van der Waals surface area contributed by atoms with Crippen LogP contribution < -0.4 is 15.6 Å². The van der Waals surface area contributed by atoms with Crippen LogP contribution in [0, 0.1) is 11.8 Å². The first-order chi connectivity index (χ1) is 19.3. The van der Waals surface area contributed by atoms with Gasteiger partial charge in [0.15, 0.2) is 11.7 Å². The smallest absolute Gasteiger partial charge is 0.354 e. The molecule has 1 aromatic carbocycles. The third kappa shape index (κ3) is 4.71. The van der Waals surface area contributed by atoms with Crippen molar-refractivity contribution < 1.29 is 9.32 Å². The molecule has 210 valence electrons. The van der Waals surface area contributed by atoms with Gasteiger partial charge in [0.2, 0.25) is 11.6 Å². The molecule has 1 unspecified atom stereocenters. The van der Waals surface area contributed by atoms with Crippen molar-refractivity contribution in [2.45, 2.75) is 58.0 Å². The number of aromatic nitrogens is 6. The van der Waals surface area contributed by atoms with E-state index >= 15 is 0 Å². The number of quaternary nitrogens is 1. The van der Waals surface area contributed by atoms with Crippen LogP contribution in [0.4, 0.5) is 5.95 Å². The third-order valence-electron chi connectivity index (χ3n) is 8.70. The molecular weight excluding hydrogens is 532 g/mol. The molecule has 2 N–H and O–H groups in total. The van der Waals surface area contributed by atoms with Gasteiger partial charge in [-0.15, -0.1) is 0 Å². The molecule has 1 saturated carbocycles. The summed E-state index contributed by atoms with van der Waals surface area (Å²) in [6.45, 7) is 3.86. The van der Waals surface area contributed by atoms with E-state index in [0.717, 1.165) is 61.7 Å². The minimum Gasteiger partial charge on any atom is -0.354 e. The van der Waals surface area contributed by atoms with Crippen molar-refractivity contribution in [3.63, 3.8) is 0 Å². The van der Waals surface area contributed by atoms with E-state index in [1.54, 1.807) is 7.05 Å². The standard InChI is InChI=1S/C28H33ClN8O3/c1-16-9-11-17(12-10-16)15-36-22-21(18-6-4-7-19(29)14-18)31-24(25-34-28(39)40-35-25)32-23(22)33-27(36)37(3)13-5-8-20(37)26(38)30-2/h4,6-7,14,16-17,20H,5,8-13,15H2,1-3H3,(H-,30,34,35,38,39)/p+1/t16-,17-,20-,37?/m0/s1. The summed E-state index contributed by atoms with van der Waals surface area (Å²) in [7, 11) is 3.78. The van der Waals surface area contributed by atoms with E-state index in [0.29, 0.717) is 26.8 Å². The number of H-pyrrole nitrogens is 1. The van der Waals surface area contributed by atoms with E-state index in [1.807, 2.05) is 24.3 Å². The van der Waals surface area contributed by atoms with Crippen LogP contribution in [0.2, 0.25) is 5.02 Å². The zero-order valence-electron chi connectivity index (χ0n) is 23.0. The number of hydrogen-bond donors (Lipinski definition) is 2. The Kier molecular flexibility index (Phi) is 6.95. The van der Waals surface area contributed by atoms with E-state index in [2.05, 4.69) is 34.0 Å². The number of halogens is 1. The molecule has 1 aliphatic heterocycles. The Morgan fingerprint density at radius 2 is 2.00 bits per heavy atom. The predicted molar refractivity (Wildman–Crippen MR) is 153 cm³/mol. The van der Waals surface area contributed by atoms with Crippen molar-refractivity contribution in [3.8, 4) is 22.9 Å². The largest absolute Gasteiger partial charge is 0.439 e. The van der Waals surface area contributed by atoms with Gasteiger partial charge < -0.3 is 5.32 Å². The van der Waals surface area contributed by atoms with E-state index < -0.39 is 5.76 Å². The van der Waals surface area contributed by atoms with Gasteiger partial charge in [-0.1, -0.05) is 48.7 Å². The second kappa shape index (κ2) is 10.4. The summed E-state index contributed by atoms with van der Waals surface area (Å²) >= 11 is 6.43. The highest BCUT2D eigenvalue weighted by Crippen LogP contribution is 2.40. The summed E-state index contributed by atoms with van der Waals surface area (Å²) in [5.74, 6) is 1.63. The molecule has 1 saturated heterocycles. The lowest BCUT2D eigenvalue weighted by Crippen LogP contribution is -2.57. The topological polar surface area (TPSA) is 132 Å². The van der Waals surface area contributed by atoms with Crippen LogP contribution in [0.1, 0.15) is 45.4 Å². The minimum atomic E-state index is -0.690. The number of carbonyl (C=O) groups is 1. The molecule has 4 heterocycles. The quantitative estimate of drug-likeness (QED) is 0.335. The predicted octanol–water partition coefficient (Wildman–Crippen LogP) is 4.16. The van der Waals surface area contributed by atoms with Crippen molar-refractivity contribution in [3.05, 3.63) is 39.8 Å². The van der Waals surface area contributed by atoms with Crippen molar-refractivity contribution in [2.24, 2.45) is 11.8 Å². The molecule has 2 aliphatic rings. The SMILES string of the molecule is CNC(=O)[C@@H]1CCC[N+]1(C)c1nc2nc(-c3noc(=O)[nH]3)nc(-c3cccc(Cl)c3)c2n1C[C@H]1CC[C@H](C)CC1. The fraction of sp³-hybridized carbons (Fsp3) is 0.500. The first-order valence-corrected chi connectivity index (χ1v) is 14.3. The lowest BCUT2D eigenvalue weighted by molar-refractivity contribution is -0.124. The van der Waals surface area contributed by atoms with Crippen LogP contribution in [0.5, 0.6) is 0 Å². The van der Waals surface area contributed by atoms with Gasteiger partial charge in [0.1, 0.15) is 11.2 Å². The monoisotopic (exact) mass is 565 g/mol. The molecule has 1 amide bonds. The Labute approximate surface area is 236 Å². The number of rotatable bonds is 6. The molecular formula is C28H34ClN8O3+. The number of nitrogens with zero attached hydrogens (tertiary/aromatic N) is 6. The Bertz CT molecular complexity index is 1620. The van der Waals surface area contributed by atoms with Gasteiger partial charge in [0, 0.05) is 37.0 Å². The number of carbonyl (C=O) groups excluding carboxylic acids is 1. The number of amides is 1. The normalized spacial score (nSPS) is 24.9. The van der Waals surface area contributed by atoms with Gasteiger partial charge in [0.05, 0.1) is 13.6 Å². The fourth-order valence-electron chi connectivity index (χ4n) is 6.48. The highest BCUT2D eigenvalue weighted by molar-refractivity contribution is 6.30. The van der Waals surface area contributed by atoms with Gasteiger partial charge in [0.25, 0.3) is 5.91 Å². The maximum Gasteiger partial charge on any atom is 0.439 e. The Morgan fingerprint density at radius 1 is 1.20 bits per heavy atom. The summed E-state index contributed by atoms with van der Waals surface area (Å²) in [4.78, 5) is 42.2. The zero-order valence-corrected chi connectivity index (χ0v) is 23.7. The Morgan fingerprint density at radius 3 is 2.70 bits per heavy atom. The van der Waals surface area contributed by atoms with E-state index in [9.17, 15) is 9.59 Å². The molecule has 4 aromatic rings. The first kappa shape index (κ1) is 26.6. The molecule has 0 spiro atoms. The molecule has 2 fully saturated rings. The Balaban J connectivity index is 1.61. The van der Waals surface area contributed by atoms with Gasteiger partial charge in [-0.05, 0) is 36.8 Å². The second-order valence-corrected chi connectivity index (χ2v) is 11.9. The fourth-order valence-corrected chi connectivity index (χ4v) is 6.67. The van der Waals surface area contributed by atoms with Crippen molar-refractivity contribution in [1.29, 1.82) is 0 Å². The summed E-state index contributed by atoms with van der Waals surface area (Å²) in [6, 6.07) is 7.24. The van der Waals surface area contributed by atoms with E-state index in [-0.39, 0.29) is 23.6 Å². The van der Waals surface area contributed by atoms with Crippen molar-refractivity contribution in [1.82, 2.24) is 39.5 Å². The molecule has 2 atom stereocenters. The average molecular weight is 566 g/mol. The lowest BCUT2D eigenvalue weighted by Gasteiger charge is -2.34. The van der Waals surface area contributed by atoms with E-state index in [1.165, 1.54) is 12.8 Å². The number of aromatic amines is 1. The maximum absolute atomic E-state index is 13.1. The Hall–Kier alpha value is -3.57. The summed E-state index contributed by atoms with van der Waals surface area (Å²) < 4.78 is 7.38. The first-order valence-electron chi connectivity index (χ1n) is 13.9. The molecule has 40 heavy (non-hydrogen) atoms. The zero-order chi connectivity index (χ0) is 28.0. The highest BCUT2D eigenvalue weighted by Gasteiger charge is 2.48. The van der Waals surface area contributed by atoms with Crippen LogP contribution >= 0.6 is 11.6 Å². The van der Waals surface area contributed by atoms with Crippen LogP contribution in [0.15, 0.2) is 33.6 Å². The van der Waals surface area contributed by atoms with Gasteiger partial charge in [-0.3, -0.25) is 23.4 Å². The summed E-state index contributed by atoms with van der Waals surface area (Å²) in [6.07, 6.45) is 6.35. The maximum atomic E-state index is 13.1. The number of nitrogens with one attached hydrogen (secondary N) is 2. The lowest BCUT2D eigenvalue weighted by atomic mass is 9.83. The summed E-state index contributed by atoms with van der Waals surface area (Å²) in [5, 5.41) is 7.26. The molecule has 1 aliphatic carbocycles. The number of likely N-dealkylation sites (N-methyl/N-ethyl adjacent to an activating group) is 2. The number of hydrogen-bond acceptors (Lipinski definition) is 7. The van der Waals surface area contributed by atoms with Crippen molar-refractivity contribution in [2.75, 3.05) is 20.6 Å². The van der Waals surface area contributed by atoms with E-state index in [4.69, 9.17) is 31.1 Å². The molecule has 0 bridgehead atoms. The van der Waals surface area contributed by atoms with Crippen LogP contribution in [-0.4, -0.2) is 62.2 Å². The molecule has 3 aromatic heterocycles. The van der Waals surface area contributed by atoms with Gasteiger partial charge >= 0.3 is 11.7 Å². The molecule has 11 nitrogen and oxygen atoms in total. The average Bonchev–Trinajstić information content (AvgIpc) is 3.66. The molecule has 12 heteroatoms.